The van der Waals surface area contributed by atoms with E-state index in [9.17, 15) is 28.0 Å². The number of methoxy groups -OCH3 is 1. The number of likely N-dealkylation sites (N-methyl/N-ethyl adjacent to an activating group) is 1. The summed E-state index contributed by atoms with van der Waals surface area (Å²) in [5.41, 5.74) is -1.17. The number of nitrogens with one attached hydrogen (secondary N) is 2. The van der Waals surface area contributed by atoms with Gasteiger partial charge in [0.05, 0.1) is 13.7 Å². The number of rotatable bonds is 7. The van der Waals surface area contributed by atoms with Crippen molar-refractivity contribution >= 4 is 29.4 Å². The fourth-order valence-corrected chi connectivity index (χ4v) is 3.30. The Hall–Kier alpha value is -4.02. The third-order valence-electron chi connectivity index (χ3n) is 5.23. The lowest BCUT2D eigenvalue weighted by atomic mass is 9.92. The molecule has 0 aromatic heterocycles. The molecule has 3 rings (SSSR count). The van der Waals surface area contributed by atoms with Crippen LogP contribution in [-0.2, 0) is 19.9 Å². The molecule has 5 amide bonds. The molecule has 2 aromatic rings. The third-order valence-corrected chi connectivity index (χ3v) is 5.23. The number of hydrogen-bond donors (Lipinski definition) is 2. The molecule has 9 nitrogen and oxygen atoms in total. The van der Waals surface area contributed by atoms with Gasteiger partial charge in [-0.25, -0.2) is 13.6 Å². The van der Waals surface area contributed by atoms with Crippen molar-refractivity contribution in [2.24, 2.45) is 0 Å². The van der Waals surface area contributed by atoms with Crippen LogP contribution in [0.15, 0.2) is 42.5 Å². The minimum Gasteiger partial charge on any atom is -0.497 e. The monoisotopic (exact) mass is 460 g/mol. The van der Waals surface area contributed by atoms with Crippen molar-refractivity contribution in [2.45, 2.75) is 12.5 Å². The lowest BCUT2D eigenvalue weighted by molar-refractivity contribution is -0.139. The van der Waals surface area contributed by atoms with Gasteiger partial charge in [0, 0.05) is 18.8 Å². The molecule has 1 fully saturated rings. The number of amides is 5. The van der Waals surface area contributed by atoms with Gasteiger partial charge < -0.3 is 20.3 Å². The van der Waals surface area contributed by atoms with Gasteiger partial charge in [0.15, 0.2) is 11.6 Å². The normalized spacial score (nSPS) is 17.5. The largest absolute Gasteiger partial charge is 0.497 e. The molecule has 0 spiro atoms. The number of imide groups is 1. The van der Waals surface area contributed by atoms with Crippen molar-refractivity contribution in [1.29, 1.82) is 0 Å². The maximum atomic E-state index is 13.6. The van der Waals surface area contributed by atoms with Crippen LogP contribution >= 0.6 is 0 Å². The smallest absolute Gasteiger partial charge is 0.325 e. The molecule has 2 aromatic carbocycles. The summed E-state index contributed by atoms with van der Waals surface area (Å²) in [5, 5.41) is 5.03. The zero-order chi connectivity index (χ0) is 24.3. The second-order valence-electron chi connectivity index (χ2n) is 7.61. The zero-order valence-electron chi connectivity index (χ0n) is 18.1. The third kappa shape index (κ3) is 4.92. The summed E-state index contributed by atoms with van der Waals surface area (Å²) in [7, 11) is 2.83. The summed E-state index contributed by atoms with van der Waals surface area (Å²) in [6.07, 6.45) is 0. The van der Waals surface area contributed by atoms with E-state index in [0.29, 0.717) is 16.3 Å². The Kier molecular flexibility index (Phi) is 6.61. The van der Waals surface area contributed by atoms with Crippen LogP contribution < -0.4 is 15.4 Å². The molecule has 0 saturated carbocycles. The zero-order valence-corrected chi connectivity index (χ0v) is 18.1. The maximum absolute atomic E-state index is 13.6. The number of hydrogen-bond acceptors (Lipinski definition) is 5. The van der Waals surface area contributed by atoms with Crippen LogP contribution in [0.5, 0.6) is 5.75 Å². The molecule has 11 heteroatoms. The maximum Gasteiger partial charge on any atom is 0.325 e. The molecule has 0 aliphatic carbocycles. The Bertz CT molecular complexity index is 1130. The van der Waals surface area contributed by atoms with Gasteiger partial charge in [-0.1, -0.05) is 12.1 Å². The van der Waals surface area contributed by atoms with Gasteiger partial charge in [-0.15, -0.1) is 0 Å². The highest BCUT2D eigenvalue weighted by atomic mass is 19.2. The first-order chi connectivity index (χ1) is 15.5. The number of halogens is 2. The number of nitrogens with zero attached hydrogens (tertiary/aromatic N) is 2. The van der Waals surface area contributed by atoms with Crippen LogP contribution in [0.2, 0.25) is 0 Å². The van der Waals surface area contributed by atoms with Crippen LogP contribution in [0.4, 0.5) is 19.3 Å². The molecule has 0 bridgehead atoms. The minimum atomic E-state index is -1.67. The molecular weight excluding hydrogens is 438 g/mol. The first-order valence-electron chi connectivity index (χ1n) is 9.82. The van der Waals surface area contributed by atoms with E-state index < -0.39 is 47.5 Å². The standard InChI is InChI=1S/C22H22F2N4O5/c1-22(13-7-8-16(23)17(24)9-13)20(31)28(21(32)26-22)12-19(30)27(2)11-18(29)25-14-5-4-6-15(10-14)33-3/h4-10H,11-12H2,1-3H3,(H,25,29)(H,26,32). The Morgan fingerprint density at radius 3 is 2.55 bits per heavy atom. The molecule has 1 heterocycles. The fraction of sp³-hybridized carbons (Fsp3) is 0.273. The van der Waals surface area contributed by atoms with E-state index in [1.54, 1.807) is 24.3 Å². The van der Waals surface area contributed by atoms with Crippen LogP contribution in [-0.4, -0.2) is 60.8 Å². The first-order valence-corrected chi connectivity index (χ1v) is 9.82. The molecule has 2 N–H and O–H groups in total. The summed E-state index contributed by atoms with van der Waals surface area (Å²) >= 11 is 0. The summed E-state index contributed by atoms with van der Waals surface area (Å²) in [5.74, 6) is -3.70. The van der Waals surface area contributed by atoms with Gasteiger partial charge in [0.25, 0.3) is 5.91 Å². The summed E-state index contributed by atoms with van der Waals surface area (Å²) < 4.78 is 32.0. The predicted octanol–water partition coefficient (Wildman–Crippen LogP) is 1.84. The molecule has 1 aliphatic heterocycles. The highest BCUT2D eigenvalue weighted by Crippen LogP contribution is 2.29. The van der Waals surface area contributed by atoms with E-state index in [4.69, 9.17) is 4.74 Å². The molecular formula is C22H22F2N4O5. The summed E-state index contributed by atoms with van der Waals surface area (Å²) in [6.45, 7) is 0.364. The molecule has 33 heavy (non-hydrogen) atoms. The molecule has 174 valence electrons. The van der Waals surface area contributed by atoms with E-state index in [-0.39, 0.29) is 12.1 Å². The highest BCUT2D eigenvalue weighted by Gasteiger charge is 2.50. The highest BCUT2D eigenvalue weighted by molar-refractivity contribution is 6.09. The molecule has 1 unspecified atom stereocenters. The predicted molar refractivity (Wildman–Crippen MR) is 113 cm³/mol. The number of carbonyl (C=O) groups is 4. The van der Waals surface area contributed by atoms with Gasteiger partial charge in [0.1, 0.15) is 17.8 Å². The number of anilines is 1. The van der Waals surface area contributed by atoms with E-state index in [1.807, 2.05) is 0 Å². The average molecular weight is 460 g/mol. The van der Waals surface area contributed by atoms with Crippen LogP contribution in [0, 0.1) is 11.6 Å². The molecule has 1 aliphatic rings. The van der Waals surface area contributed by atoms with E-state index in [0.717, 1.165) is 17.0 Å². The summed E-state index contributed by atoms with van der Waals surface area (Å²) in [4.78, 5) is 51.8. The Balaban J connectivity index is 1.64. The molecule has 1 atom stereocenters. The fourth-order valence-electron chi connectivity index (χ4n) is 3.30. The van der Waals surface area contributed by atoms with E-state index in [1.165, 1.54) is 27.1 Å². The average Bonchev–Trinajstić information content (AvgIpc) is 2.99. The van der Waals surface area contributed by atoms with Crippen molar-refractivity contribution in [3.05, 3.63) is 59.7 Å². The Morgan fingerprint density at radius 1 is 1.15 bits per heavy atom. The van der Waals surface area contributed by atoms with Gasteiger partial charge in [-0.3, -0.25) is 19.3 Å². The van der Waals surface area contributed by atoms with Crippen molar-refractivity contribution in [1.82, 2.24) is 15.1 Å². The SMILES string of the molecule is COc1cccc(NC(=O)CN(C)C(=O)CN2C(=O)NC(C)(c3ccc(F)c(F)c3)C2=O)c1. The van der Waals surface area contributed by atoms with Crippen molar-refractivity contribution in [3.8, 4) is 5.75 Å². The van der Waals surface area contributed by atoms with Crippen molar-refractivity contribution < 1.29 is 32.7 Å². The molecule has 1 saturated heterocycles. The van der Waals surface area contributed by atoms with E-state index in [2.05, 4.69) is 10.6 Å². The molecule has 0 radical (unpaired) electrons. The second kappa shape index (κ2) is 9.23. The number of ether oxygens (including phenoxy) is 1. The lowest BCUT2D eigenvalue weighted by Gasteiger charge is -2.23. The van der Waals surface area contributed by atoms with Crippen LogP contribution in [0.25, 0.3) is 0 Å². The Morgan fingerprint density at radius 2 is 1.88 bits per heavy atom. The van der Waals surface area contributed by atoms with Gasteiger partial charge in [-0.2, -0.15) is 0 Å². The second-order valence-corrected chi connectivity index (χ2v) is 7.61. The van der Waals surface area contributed by atoms with Gasteiger partial charge in [-0.05, 0) is 36.8 Å². The minimum absolute atomic E-state index is 0.0284. The number of carbonyl (C=O) groups excluding carboxylic acids is 4. The van der Waals surface area contributed by atoms with Gasteiger partial charge >= 0.3 is 6.03 Å². The number of urea groups is 1. The van der Waals surface area contributed by atoms with Crippen molar-refractivity contribution in [3.63, 3.8) is 0 Å². The van der Waals surface area contributed by atoms with Crippen LogP contribution in [0.1, 0.15) is 12.5 Å². The quantitative estimate of drug-likeness (QED) is 0.613. The first kappa shape index (κ1) is 23.6. The Labute approximate surface area is 188 Å². The van der Waals surface area contributed by atoms with Crippen molar-refractivity contribution in [2.75, 3.05) is 32.6 Å². The number of benzene rings is 2. The lowest BCUT2D eigenvalue weighted by Crippen LogP contribution is -2.45. The van der Waals surface area contributed by atoms with Gasteiger partial charge in [0.2, 0.25) is 11.8 Å². The topological polar surface area (TPSA) is 108 Å². The van der Waals surface area contributed by atoms with E-state index >= 15 is 0 Å². The summed E-state index contributed by atoms with van der Waals surface area (Å²) in [6, 6.07) is 8.61. The van der Waals surface area contributed by atoms with Crippen LogP contribution in [0.3, 0.4) is 0 Å².